The van der Waals surface area contributed by atoms with Gasteiger partial charge in [0, 0.05) is 36.1 Å². The van der Waals surface area contributed by atoms with E-state index in [1.54, 1.807) is 12.3 Å². The number of carbonyl (C=O) groups excluding carboxylic acids is 1. The molecule has 0 unspecified atom stereocenters. The van der Waals surface area contributed by atoms with Gasteiger partial charge in [-0.15, -0.1) is 0 Å². The largest absolute Gasteiger partial charge is 0.493 e. The Morgan fingerprint density at radius 1 is 1.46 bits per heavy atom. The summed E-state index contributed by atoms with van der Waals surface area (Å²) in [5.74, 6) is 0.770. The van der Waals surface area contributed by atoms with E-state index in [2.05, 4.69) is 17.3 Å². The van der Waals surface area contributed by atoms with Gasteiger partial charge in [0.05, 0.1) is 19.2 Å². The normalized spacial score (nSPS) is 16.7. The molecule has 1 aliphatic heterocycles. The van der Waals surface area contributed by atoms with E-state index in [1.165, 1.54) is 0 Å². The summed E-state index contributed by atoms with van der Waals surface area (Å²) in [6.45, 7) is 4.59. The van der Waals surface area contributed by atoms with E-state index >= 15 is 0 Å². The van der Waals surface area contributed by atoms with E-state index in [1.807, 2.05) is 34.0 Å². The molecule has 0 bridgehead atoms. The van der Waals surface area contributed by atoms with Crippen molar-refractivity contribution in [3.05, 3.63) is 47.2 Å². The Balaban J connectivity index is 1.60. The smallest absolute Gasteiger partial charge is 0.317 e. The van der Waals surface area contributed by atoms with Crippen molar-refractivity contribution in [1.29, 1.82) is 0 Å². The quantitative estimate of drug-likeness (QED) is 0.801. The minimum absolute atomic E-state index is 0.0546. The van der Waals surface area contributed by atoms with Gasteiger partial charge in [-0.2, -0.15) is 5.10 Å². The van der Waals surface area contributed by atoms with E-state index < -0.39 is 0 Å². The number of benzene rings is 1. The third kappa shape index (κ3) is 4.69. The number of halogens is 1. The average Bonchev–Trinajstić information content (AvgIpc) is 3.31. The van der Waals surface area contributed by atoms with Gasteiger partial charge in [0.25, 0.3) is 0 Å². The Bertz CT molecular complexity index is 720. The van der Waals surface area contributed by atoms with Gasteiger partial charge in [-0.25, -0.2) is 4.79 Å². The Morgan fingerprint density at radius 3 is 3.12 bits per heavy atom. The lowest BCUT2D eigenvalue weighted by Gasteiger charge is -2.25. The molecule has 1 atom stereocenters. The first-order valence-corrected chi connectivity index (χ1v) is 9.48. The van der Waals surface area contributed by atoms with Crippen LogP contribution in [0.5, 0.6) is 5.75 Å². The van der Waals surface area contributed by atoms with E-state index in [0.29, 0.717) is 18.2 Å². The first-order chi connectivity index (χ1) is 12.7. The highest BCUT2D eigenvalue weighted by molar-refractivity contribution is 6.30. The lowest BCUT2D eigenvalue weighted by Crippen LogP contribution is -2.44. The van der Waals surface area contributed by atoms with Gasteiger partial charge in [0.15, 0.2) is 0 Å². The summed E-state index contributed by atoms with van der Waals surface area (Å²) in [4.78, 5) is 14.6. The van der Waals surface area contributed by atoms with Gasteiger partial charge < -0.3 is 15.0 Å². The number of urea groups is 1. The molecule has 0 spiro atoms. The van der Waals surface area contributed by atoms with Crippen LogP contribution in [0.15, 0.2) is 36.7 Å². The molecule has 0 radical (unpaired) electrons. The van der Waals surface area contributed by atoms with Gasteiger partial charge in [-0.3, -0.25) is 4.68 Å². The van der Waals surface area contributed by atoms with Crippen molar-refractivity contribution in [3.8, 4) is 5.75 Å². The summed E-state index contributed by atoms with van der Waals surface area (Å²) >= 11 is 6.11. The molecule has 26 heavy (non-hydrogen) atoms. The SMILES string of the molecule is CCCOc1ccc(Cl)cc1CNC(=O)N1CCC[C@@H]1Cn1cccn1. The van der Waals surface area contributed by atoms with Crippen LogP contribution in [0.4, 0.5) is 4.79 Å². The van der Waals surface area contributed by atoms with Crippen LogP contribution in [0.1, 0.15) is 31.7 Å². The maximum Gasteiger partial charge on any atom is 0.317 e. The predicted molar refractivity (Wildman–Crippen MR) is 101 cm³/mol. The molecule has 1 N–H and O–H groups in total. The summed E-state index contributed by atoms with van der Waals surface area (Å²) in [5.41, 5.74) is 0.891. The molecule has 6 nitrogen and oxygen atoms in total. The van der Waals surface area contributed by atoms with Crippen molar-refractivity contribution in [2.45, 2.75) is 45.3 Å². The molecule has 140 valence electrons. The van der Waals surface area contributed by atoms with Gasteiger partial charge in [-0.1, -0.05) is 18.5 Å². The van der Waals surface area contributed by atoms with Crippen LogP contribution in [-0.2, 0) is 13.1 Å². The van der Waals surface area contributed by atoms with Crippen LogP contribution in [0.3, 0.4) is 0 Å². The molecular formula is C19H25ClN4O2. The second kappa shape index (κ2) is 8.94. The second-order valence-electron chi connectivity index (χ2n) is 6.48. The van der Waals surface area contributed by atoms with E-state index in [9.17, 15) is 4.79 Å². The second-order valence-corrected chi connectivity index (χ2v) is 6.91. The number of nitrogens with one attached hydrogen (secondary N) is 1. The van der Waals surface area contributed by atoms with Crippen molar-refractivity contribution >= 4 is 17.6 Å². The monoisotopic (exact) mass is 376 g/mol. The molecule has 7 heteroatoms. The number of rotatable bonds is 7. The van der Waals surface area contributed by atoms with Gasteiger partial charge in [0.1, 0.15) is 5.75 Å². The van der Waals surface area contributed by atoms with Crippen LogP contribution in [-0.4, -0.2) is 39.9 Å². The fraction of sp³-hybridized carbons (Fsp3) is 0.474. The summed E-state index contributed by atoms with van der Waals surface area (Å²) in [6.07, 6.45) is 6.63. The van der Waals surface area contributed by atoms with Gasteiger partial charge in [-0.05, 0) is 43.5 Å². The number of amides is 2. The third-order valence-electron chi connectivity index (χ3n) is 4.51. The number of hydrogen-bond acceptors (Lipinski definition) is 3. The van der Waals surface area contributed by atoms with Crippen molar-refractivity contribution in [2.24, 2.45) is 0 Å². The minimum atomic E-state index is -0.0546. The number of likely N-dealkylation sites (tertiary alicyclic amines) is 1. The molecule has 1 fully saturated rings. The zero-order valence-corrected chi connectivity index (χ0v) is 15.8. The van der Waals surface area contributed by atoms with Crippen LogP contribution < -0.4 is 10.1 Å². The zero-order chi connectivity index (χ0) is 18.4. The van der Waals surface area contributed by atoms with E-state index in [4.69, 9.17) is 16.3 Å². The Labute approximate surface area is 159 Å². The van der Waals surface area contributed by atoms with Crippen LogP contribution in [0.25, 0.3) is 0 Å². The van der Waals surface area contributed by atoms with Crippen molar-refractivity contribution in [3.63, 3.8) is 0 Å². The van der Waals surface area contributed by atoms with Crippen LogP contribution in [0, 0.1) is 0 Å². The van der Waals surface area contributed by atoms with E-state index in [0.717, 1.165) is 43.7 Å². The molecule has 0 aliphatic carbocycles. The average molecular weight is 377 g/mol. The van der Waals surface area contributed by atoms with Crippen molar-refractivity contribution in [2.75, 3.05) is 13.2 Å². The first kappa shape index (κ1) is 18.6. The van der Waals surface area contributed by atoms with Crippen LogP contribution >= 0.6 is 11.6 Å². The van der Waals surface area contributed by atoms with Crippen LogP contribution in [0.2, 0.25) is 5.02 Å². The third-order valence-corrected chi connectivity index (χ3v) is 4.74. The molecule has 1 aromatic heterocycles. The fourth-order valence-electron chi connectivity index (χ4n) is 3.23. The highest BCUT2D eigenvalue weighted by Crippen LogP contribution is 2.24. The number of carbonyl (C=O) groups is 1. The summed E-state index contributed by atoms with van der Waals surface area (Å²) in [7, 11) is 0. The Kier molecular flexibility index (Phi) is 6.39. The van der Waals surface area contributed by atoms with E-state index in [-0.39, 0.29) is 12.1 Å². The maximum absolute atomic E-state index is 12.7. The topological polar surface area (TPSA) is 59.4 Å². The maximum atomic E-state index is 12.7. The molecular weight excluding hydrogens is 352 g/mol. The minimum Gasteiger partial charge on any atom is -0.493 e. The molecule has 2 aromatic rings. The molecule has 2 heterocycles. The van der Waals surface area contributed by atoms with Crippen molar-refractivity contribution < 1.29 is 9.53 Å². The predicted octanol–water partition coefficient (Wildman–Crippen LogP) is 3.70. The first-order valence-electron chi connectivity index (χ1n) is 9.10. The number of hydrogen-bond donors (Lipinski definition) is 1. The number of aromatic nitrogens is 2. The van der Waals surface area contributed by atoms with Gasteiger partial charge >= 0.3 is 6.03 Å². The van der Waals surface area contributed by atoms with Gasteiger partial charge in [0.2, 0.25) is 0 Å². The molecule has 0 saturated carbocycles. The molecule has 1 aliphatic rings. The summed E-state index contributed by atoms with van der Waals surface area (Å²) in [5, 5.41) is 7.89. The number of nitrogens with zero attached hydrogens (tertiary/aromatic N) is 3. The lowest BCUT2D eigenvalue weighted by atomic mass is 10.2. The highest BCUT2D eigenvalue weighted by Gasteiger charge is 2.29. The summed E-state index contributed by atoms with van der Waals surface area (Å²) in [6, 6.07) is 7.52. The summed E-state index contributed by atoms with van der Waals surface area (Å²) < 4.78 is 7.63. The fourth-order valence-corrected chi connectivity index (χ4v) is 3.42. The molecule has 1 aromatic carbocycles. The molecule has 2 amide bonds. The van der Waals surface area contributed by atoms with Crippen molar-refractivity contribution in [1.82, 2.24) is 20.0 Å². The Morgan fingerprint density at radius 2 is 2.35 bits per heavy atom. The zero-order valence-electron chi connectivity index (χ0n) is 15.0. The highest BCUT2D eigenvalue weighted by atomic mass is 35.5. The molecule has 1 saturated heterocycles. The lowest BCUT2D eigenvalue weighted by molar-refractivity contribution is 0.185. The number of ether oxygens (including phenoxy) is 1. The standard InChI is InChI=1S/C19H25ClN4O2/c1-2-11-26-18-7-6-16(20)12-15(18)13-21-19(25)24-10-3-5-17(24)14-23-9-4-8-22-23/h4,6-9,12,17H,2-3,5,10-11,13-14H2,1H3,(H,21,25)/t17-/m1/s1. The Hall–Kier alpha value is -2.21. The molecule has 3 rings (SSSR count).